The van der Waals surface area contributed by atoms with Crippen LogP contribution in [0, 0.1) is 0 Å². The van der Waals surface area contributed by atoms with Crippen LogP contribution in [0.25, 0.3) is 0 Å². The first-order chi connectivity index (χ1) is 14.6. The summed E-state index contributed by atoms with van der Waals surface area (Å²) in [5, 5.41) is 0. The van der Waals surface area contributed by atoms with Gasteiger partial charge in [0.1, 0.15) is 6.61 Å². The fourth-order valence-electron chi connectivity index (χ4n) is 3.50. The normalized spacial score (nSPS) is 14.8. The van der Waals surface area contributed by atoms with Crippen LogP contribution in [0.3, 0.4) is 0 Å². The summed E-state index contributed by atoms with van der Waals surface area (Å²) < 4.78 is 12.4. The Hall–Kier alpha value is -2.18. The van der Waals surface area contributed by atoms with E-state index in [4.69, 9.17) is 9.47 Å². The van der Waals surface area contributed by atoms with E-state index in [1.54, 1.807) is 14.0 Å². The van der Waals surface area contributed by atoms with E-state index in [1.165, 1.54) is 32.4 Å². The molecule has 2 aromatic carbocycles. The molecule has 0 atom stereocenters. The molecule has 1 aliphatic heterocycles. The number of methoxy groups -OCH3 is 1. The third kappa shape index (κ3) is 6.41. The van der Waals surface area contributed by atoms with Gasteiger partial charge in [0.05, 0.1) is 18.1 Å². The third-order valence-electron chi connectivity index (χ3n) is 5.23. The zero-order valence-electron chi connectivity index (χ0n) is 17.7. The van der Waals surface area contributed by atoms with Crippen LogP contribution in [0.15, 0.2) is 45.9 Å². The van der Waals surface area contributed by atoms with Crippen LogP contribution in [0.1, 0.15) is 47.7 Å². The Morgan fingerprint density at radius 3 is 2.57 bits per heavy atom. The molecule has 0 radical (unpaired) electrons. The second kappa shape index (κ2) is 11.3. The lowest BCUT2D eigenvalue weighted by Crippen LogP contribution is -2.31. The SMILES string of the molecule is COc1cc(C=NCCN2CCCCC2)cc(Br)c1OCc1ccc(C(C)=O)cc1. The van der Waals surface area contributed by atoms with Gasteiger partial charge >= 0.3 is 0 Å². The molecule has 0 unspecified atom stereocenters. The first-order valence-corrected chi connectivity index (χ1v) is 11.2. The van der Waals surface area contributed by atoms with Crippen molar-refractivity contribution in [1.82, 2.24) is 4.90 Å². The molecule has 0 saturated carbocycles. The van der Waals surface area contributed by atoms with Gasteiger partial charge in [-0.3, -0.25) is 9.79 Å². The summed E-state index contributed by atoms with van der Waals surface area (Å²) >= 11 is 3.60. The molecule has 1 heterocycles. The third-order valence-corrected chi connectivity index (χ3v) is 5.82. The standard InChI is InChI=1S/C24H29BrN2O3/c1-18(28)21-8-6-19(7-9-21)17-30-24-22(25)14-20(15-23(24)29-2)16-26-10-13-27-11-4-3-5-12-27/h6-9,14-16H,3-5,10-13,17H2,1-2H3. The topological polar surface area (TPSA) is 51.1 Å². The molecule has 0 bridgehead atoms. The van der Waals surface area contributed by atoms with Crippen molar-refractivity contribution in [3.05, 3.63) is 57.6 Å². The molecule has 1 fully saturated rings. The molecule has 2 aromatic rings. The summed E-state index contributed by atoms with van der Waals surface area (Å²) in [4.78, 5) is 18.5. The second-order valence-electron chi connectivity index (χ2n) is 7.51. The van der Waals surface area contributed by atoms with E-state index in [0.717, 1.165) is 28.7 Å². The fraction of sp³-hybridized carbons (Fsp3) is 0.417. The van der Waals surface area contributed by atoms with Crippen molar-refractivity contribution in [2.45, 2.75) is 32.8 Å². The number of ketones is 1. The van der Waals surface area contributed by atoms with E-state index in [9.17, 15) is 4.79 Å². The molecular weight excluding hydrogens is 444 g/mol. The lowest BCUT2D eigenvalue weighted by Gasteiger charge is -2.25. The van der Waals surface area contributed by atoms with Gasteiger partial charge in [0, 0.05) is 18.3 Å². The Morgan fingerprint density at radius 2 is 1.90 bits per heavy atom. The molecule has 6 heteroatoms. The number of hydrogen-bond donors (Lipinski definition) is 0. The Kier molecular flexibility index (Phi) is 8.46. The number of hydrogen-bond acceptors (Lipinski definition) is 5. The van der Waals surface area contributed by atoms with Gasteiger partial charge in [-0.1, -0.05) is 30.7 Å². The minimum Gasteiger partial charge on any atom is -0.493 e. The van der Waals surface area contributed by atoms with E-state index in [2.05, 4.69) is 25.8 Å². The number of aliphatic imine (C=N–C) groups is 1. The van der Waals surface area contributed by atoms with Gasteiger partial charge < -0.3 is 14.4 Å². The van der Waals surface area contributed by atoms with E-state index >= 15 is 0 Å². The number of halogens is 1. The number of carbonyl (C=O) groups excluding carboxylic acids is 1. The van der Waals surface area contributed by atoms with Gasteiger partial charge in [-0.15, -0.1) is 0 Å². The summed E-state index contributed by atoms with van der Waals surface area (Å²) in [6.45, 7) is 6.14. The van der Waals surface area contributed by atoms with Crippen LogP contribution in [-0.2, 0) is 6.61 Å². The number of benzene rings is 2. The minimum absolute atomic E-state index is 0.0556. The number of rotatable bonds is 9. The van der Waals surface area contributed by atoms with Gasteiger partial charge in [-0.05, 0) is 72.0 Å². The summed E-state index contributed by atoms with van der Waals surface area (Å²) in [6, 6.07) is 11.4. The predicted molar refractivity (Wildman–Crippen MR) is 124 cm³/mol. The lowest BCUT2D eigenvalue weighted by atomic mass is 10.1. The molecule has 0 N–H and O–H groups in total. The van der Waals surface area contributed by atoms with Gasteiger partial charge in [-0.2, -0.15) is 0 Å². The maximum atomic E-state index is 11.4. The highest BCUT2D eigenvalue weighted by Crippen LogP contribution is 2.36. The highest BCUT2D eigenvalue weighted by atomic mass is 79.9. The zero-order chi connectivity index (χ0) is 21.3. The van der Waals surface area contributed by atoms with Crippen LogP contribution >= 0.6 is 15.9 Å². The van der Waals surface area contributed by atoms with E-state index in [1.807, 2.05) is 42.6 Å². The molecule has 3 rings (SSSR count). The monoisotopic (exact) mass is 472 g/mol. The molecule has 1 aliphatic rings. The van der Waals surface area contributed by atoms with Crippen molar-refractivity contribution in [3.8, 4) is 11.5 Å². The largest absolute Gasteiger partial charge is 0.493 e. The van der Waals surface area contributed by atoms with Crippen molar-refractivity contribution < 1.29 is 14.3 Å². The molecular formula is C24H29BrN2O3. The van der Waals surface area contributed by atoms with Crippen molar-refractivity contribution >= 4 is 27.9 Å². The zero-order valence-corrected chi connectivity index (χ0v) is 19.3. The number of likely N-dealkylation sites (tertiary alicyclic amines) is 1. The molecule has 30 heavy (non-hydrogen) atoms. The van der Waals surface area contributed by atoms with Gasteiger partial charge in [0.15, 0.2) is 17.3 Å². The average Bonchev–Trinajstić information content (AvgIpc) is 2.76. The van der Waals surface area contributed by atoms with Crippen LogP contribution in [0.2, 0.25) is 0 Å². The maximum absolute atomic E-state index is 11.4. The van der Waals surface area contributed by atoms with E-state index in [0.29, 0.717) is 23.7 Å². The molecule has 0 spiro atoms. The summed E-state index contributed by atoms with van der Waals surface area (Å²) in [6.07, 6.45) is 5.85. The van der Waals surface area contributed by atoms with Crippen molar-refractivity contribution in [3.63, 3.8) is 0 Å². The fourth-order valence-corrected chi connectivity index (χ4v) is 4.07. The molecule has 5 nitrogen and oxygen atoms in total. The van der Waals surface area contributed by atoms with Gasteiger partial charge in [-0.25, -0.2) is 0 Å². The van der Waals surface area contributed by atoms with Crippen LogP contribution in [-0.4, -0.2) is 50.2 Å². The molecule has 160 valence electrons. The Morgan fingerprint density at radius 1 is 1.17 bits per heavy atom. The highest BCUT2D eigenvalue weighted by molar-refractivity contribution is 9.10. The average molecular weight is 473 g/mol. The van der Waals surface area contributed by atoms with Gasteiger partial charge in [0.2, 0.25) is 0 Å². The minimum atomic E-state index is 0.0556. The Labute approximate surface area is 187 Å². The summed E-state index contributed by atoms with van der Waals surface area (Å²) in [5.41, 5.74) is 2.65. The second-order valence-corrected chi connectivity index (χ2v) is 8.37. The first-order valence-electron chi connectivity index (χ1n) is 10.4. The summed E-state index contributed by atoms with van der Waals surface area (Å²) in [5.74, 6) is 1.36. The van der Waals surface area contributed by atoms with Crippen molar-refractivity contribution in [1.29, 1.82) is 0 Å². The van der Waals surface area contributed by atoms with Crippen molar-refractivity contribution in [2.75, 3.05) is 33.3 Å². The Balaban J connectivity index is 1.60. The molecule has 0 aromatic heterocycles. The quantitative estimate of drug-likeness (QED) is 0.374. The smallest absolute Gasteiger partial charge is 0.175 e. The molecule has 0 aliphatic carbocycles. The number of ether oxygens (including phenoxy) is 2. The predicted octanol–water partition coefficient (Wildman–Crippen LogP) is 5.14. The first kappa shape index (κ1) is 22.5. The maximum Gasteiger partial charge on any atom is 0.175 e. The van der Waals surface area contributed by atoms with Crippen LogP contribution in [0.5, 0.6) is 11.5 Å². The summed E-state index contributed by atoms with van der Waals surface area (Å²) in [7, 11) is 1.63. The lowest BCUT2D eigenvalue weighted by molar-refractivity contribution is 0.101. The number of piperidine rings is 1. The van der Waals surface area contributed by atoms with E-state index < -0.39 is 0 Å². The molecule has 0 amide bonds. The van der Waals surface area contributed by atoms with Crippen LogP contribution < -0.4 is 9.47 Å². The number of nitrogens with zero attached hydrogens (tertiary/aromatic N) is 2. The number of Topliss-reactive ketones (excluding diaryl/α,β-unsaturated/α-hetero) is 1. The van der Waals surface area contributed by atoms with Crippen molar-refractivity contribution in [2.24, 2.45) is 4.99 Å². The van der Waals surface area contributed by atoms with E-state index in [-0.39, 0.29) is 5.78 Å². The van der Waals surface area contributed by atoms with Gasteiger partial charge in [0.25, 0.3) is 0 Å². The van der Waals surface area contributed by atoms with Crippen LogP contribution in [0.4, 0.5) is 0 Å². The Bertz CT molecular complexity index is 875. The molecule has 1 saturated heterocycles. The highest BCUT2D eigenvalue weighted by Gasteiger charge is 2.12. The number of carbonyl (C=O) groups is 1.